The van der Waals surface area contributed by atoms with Crippen LogP contribution < -0.4 is 15.9 Å². The first-order chi connectivity index (χ1) is 12.9. The molecule has 0 saturated heterocycles. The average molecular weight is 435 g/mol. The Bertz CT molecular complexity index is 842. The van der Waals surface area contributed by atoms with E-state index in [1.54, 1.807) is 0 Å². The van der Waals surface area contributed by atoms with E-state index < -0.39 is 7.26 Å². The van der Waals surface area contributed by atoms with Gasteiger partial charge in [0, 0.05) is 0 Å². The predicted octanol–water partition coefficient (Wildman–Crippen LogP) is 5.49. The van der Waals surface area contributed by atoms with Crippen LogP contribution in [0.25, 0.3) is 0 Å². The van der Waals surface area contributed by atoms with Gasteiger partial charge in [-0.25, -0.2) is 0 Å². The molecule has 0 atom stereocenters. The molecule has 0 aliphatic rings. The molecule has 136 valence electrons. The molecule has 0 fully saturated rings. The first-order valence-electron chi connectivity index (χ1n) is 9.10. The Morgan fingerprint density at radius 1 is 0.407 bits per heavy atom. The Balaban J connectivity index is 0.00000210. The zero-order valence-corrected chi connectivity index (χ0v) is 17.9. The summed E-state index contributed by atoms with van der Waals surface area (Å²) < 4.78 is 0. The summed E-state index contributed by atoms with van der Waals surface area (Å²) >= 11 is 0. The monoisotopic (exact) mass is 434 g/mol. The topological polar surface area (TPSA) is 0 Å². The molecule has 0 N–H and O–H groups in total. The first kappa shape index (κ1) is 19.5. The van der Waals surface area contributed by atoms with Gasteiger partial charge < -0.3 is 0 Å². The van der Waals surface area contributed by atoms with E-state index in [1.807, 2.05) is 0 Å². The molecular formula is C25H24BrP. The van der Waals surface area contributed by atoms with Gasteiger partial charge in [0.2, 0.25) is 0 Å². The van der Waals surface area contributed by atoms with Gasteiger partial charge in [0.1, 0.15) is 0 Å². The summed E-state index contributed by atoms with van der Waals surface area (Å²) in [5.74, 6) is 0. The number of rotatable bonds is 5. The molecule has 4 rings (SSSR count). The minimum absolute atomic E-state index is 0. The molecule has 4 aromatic rings. The van der Waals surface area contributed by atoms with Crippen molar-refractivity contribution in [2.45, 2.75) is 6.16 Å². The molecule has 0 radical (unpaired) electrons. The van der Waals surface area contributed by atoms with Crippen LogP contribution in [0.2, 0.25) is 0 Å². The molecule has 4 aromatic carbocycles. The van der Waals surface area contributed by atoms with E-state index in [-0.39, 0.29) is 17.0 Å². The van der Waals surface area contributed by atoms with Gasteiger partial charge in [-0.1, -0.05) is 0 Å². The summed E-state index contributed by atoms with van der Waals surface area (Å²) in [5, 5.41) is 4.38. The third kappa shape index (κ3) is 4.05. The maximum atomic E-state index is 2.31. The van der Waals surface area contributed by atoms with Crippen LogP contribution in [0.15, 0.2) is 121 Å². The molecule has 2 heteroatoms. The fraction of sp³-hybridized carbons (Fsp3) is 0.0400. The van der Waals surface area contributed by atoms with Gasteiger partial charge in [-0.05, 0) is 0 Å². The van der Waals surface area contributed by atoms with Crippen LogP contribution in [0, 0.1) is 0 Å². The third-order valence-corrected chi connectivity index (χ3v) is 10.0. The standard InChI is InChI=1S/C25H23P.BrH/c1-5-13-22(14-6-1)21-26(23-15-7-2-8-16-23,24-17-9-3-10-18-24)25-19-11-4-12-20-25;/h1-20,26H,21H2;1H. The zero-order valence-electron chi connectivity index (χ0n) is 15.2. The molecule has 0 bridgehead atoms. The second-order valence-corrected chi connectivity index (χ2v) is 10.6. The Hall–Kier alpha value is -2.21. The van der Waals surface area contributed by atoms with Crippen molar-refractivity contribution < 1.29 is 0 Å². The van der Waals surface area contributed by atoms with Crippen molar-refractivity contribution in [3.63, 3.8) is 0 Å². The summed E-state index contributed by atoms with van der Waals surface area (Å²) in [4.78, 5) is 0. The Morgan fingerprint density at radius 2 is 0.704 bits per heavy atom. The summed E-state index contributed by atoms with van der Waals surface area (Å²) in [6.45, 7) is 0. The van der Waals surface area contributed by atoms with Crippen LogP contribution in [0.1, 0.15) is 5.56 Å². The normalized spacial score (nSPS) is 11.4. The Morgan fingerprint density at radius 3 is 1.04 bits per heavy atom. The van der Waals surface area contributed by atoms with Crippen molar-refractivity contribution in [3.05, 3.63) is 127 Å². The molecule has 0 nitrogen and oxygen atoms in total. The molecule has 0 saturated carbocycles. The maximum absolute atomic E-state index is 2.31. The SMILES string of the molecule is Br.c1ccc(C[PH](c2ccccc2)(c2ccccc2)c2ccccc2)cc1. The van der Waals surface area contributed by atoms with Gasteiger partial charge in [-0.2, -0.15) is 0 Å². The average Bonchev–Trinajstić information content (AvgIpc) is 2.75. The van der Waals surface area contributed by atoms with Crippen molar-refractivity contribution in [2.75, 3.05) is 0 Å². The fourth-order valence-electron chi connectivity index (χ4n) is 3.88. The van der Waals surface area contributed by atoms with E-state index in [2.05, 4.69) is 121 Å². The second kappa shape index (κ2) is 9.13. The van der Waals surface area contributed by atoms with Crippen LogP contribution in [-0.4, -0.2) is 0 Å². The molecule has 0 unspecified atom stereocenters. The van der Waals surface area contributed by atoms with Crippen molar-refractivity contribution in [2.24, 2.45) is 0 Å². The van der Waals surface area contributed by atoms with Gasteiger partial charge in [-0.3, -0.25) is 0 Å². The molecule has 0 spiro atoms. The molecule has 0 aliphatic carbocycles. The summed E-state index contributed by atoms with van der Waals surface area (Å²) in [6, 6.07) is 44.2. The molecule has 0 amide bonds. The molecule has 0 aromatic heterocycles. The van der Waals surface area contributed by atoms with E-state index in [0.717, 1.165) is 6.16 Å². The van der Waals surface area contributed by atoms with Crippen LogP contribution in [0.4, 0.5) is 0 Å². The predicted molar refractivity (Wildman–Crippen MR) is 127 cm³/mol. The van der Waals surface area contributed by atoms with Gasteiger partial charge in [0.25, 0.3) is 0 Å². The van der Waals surface area contributed by atoms with Crippen LogP contribution in [0.5, 0.6) is 0 Å². The first-order valence-corrected chi connectivity index (χ1v) is 11.3. The quantitative estimate of drug-likeness (QED) is 0.364. The fourth-order valence-corrected chi connectivity index (χ4v) is 8.62. The van der Waals surface area contributed by atoms with Crippen LogP contribution in [-0.2, 0) is 6.16 Å². The van der Waals surface area contributed by atoms with E-state index in [9.17, 15) is 0 Å². The van der Waals surface area contributed by atoms with Crippen molar-refractivity contribution in [1.82, 2.24) is 0 Å². The Kier molecular flexibility index (Phi) is 6.61. The number of halogens is 1. The van der Waals surface area contributed by atoms with E-state index >= 15 is 0 Å². The van der Waals surface area contributed by atoms with Gasteiger partial charge >= 0.3 is 156 Å². The number of hydrogen-bond acceptors (Lipinski definition) is 0. The summed E-state index contributed by atoms with van der Waals surface area (Å²) in [5.41, 5.74) is 1.40. The van der Waals surface area contributed by atoms with Crippen molar-refractivity contribution >= 4 is 40.2 Å². The van der Waals surface area contributed by atoms with Crippen LogP contribution >= 0.6 is 24.2 Å². The summed E-state index contributed by atoms with van der Waals surface area (Å²) in [6.07, 6.45) is 1.06. The van der Waals surface area contributed by atoms with E-state index in [4.69, 9.17) is 0 Å². The molecule has 0 aliphatic heterocycles. The van der Waals surface area contributed by atoms with Crippen LogP contribution in [0.3, 0.4) is 0 Å². The van der Waals surface area contributed by atoms with E-state index in [1.165, 1.54) is 21.5 Å². The zero-order chi connectivity index (χ0) is 17.7. The Labute approximate surface area is 173 Å². The minimum atomic E-state index is -2.16. The summed E-state index contributed by atoms with van der Waals surface area (Å²) in [7, 11) is -2.16. The third-order valence-electron chi connectivity index (χ3n) is 5.11. The van der Waals surface area contributed by atoms with Gasteiger partial charge in [0.05, 0.1) is 0 Å². The molecule has 0 heterocycles. The van der Waals surface area contributed by atoms with Crippen molar-refractivity contribution in [3.8, 4) is 0 Å². The molecular weight excluding hydrogens is 411 g/mol. The second-order valence-electron chi connectivity index (χ2n) is 6.67. The molecule has 27 heavy (non-hydrogen) atoms. The number of benzene rings is 4. The number of hydrogen-bond donors (Lipinski definition) is 0. The van der Waals surface area contributed by atoms with Gasteiger partial charge in [-0.15, -0.1) is 17.0 Å². The van der Waals surface area contributed by atoms with Crippen molar-refractivity contribution in [1.29, 1.82) is 0 Å². The van der Waals surface area contributed by atoms with Gasteiger partial charge in [0.15, 0.2) is 0 Å². The van der Waals surface area contributed by atoms with E-state index in [0.29, 0.717) is 0 Å².